The molecule has 0 N–H and O–H groups in total. The highest BCUT2D eigenvalue weighted by Crippen LogP contribution is 2.07. The van der Waals surface area contributed by atoms with Crippen LogP contribution in [-0.2, 0) is 4.84 Å². The van der Waals surface area contributed by atoms with Crippen molar-refractivity contribution >= 4 is 0 Å². The maximum absolute atomic E-state index is 9.63. The van der Waals surface area contributed by atoms with E-state index in [0.717, 1.165) is 12.8 Å². The molecule has 3 heteroatoms. The number of nitrogens with zero attached hydrogens (tertiary/aromatic N) is 1. The van der Waals surface area contributed by atoms with E-state index in [4.69, 9.17) is 0 Å². The lowest BCUT2D eigenvalue weighted by molar-refractivity contribution is 0.0607. The Bertz CT molecular complexity index is 107. The predicted molar refractivity (Wildman–Crippen MR) is 56.4 cm³/mol. The van der Waals surface area contributed by atoms with Crippen LogP contribution in [-0.4, -0.2) is 6.10 Å². The third-order valence-corrected chi connectivity index (χ3v) is 1.69. The van der Waals surface area contributed by atoms with Crippen molar-refractivity contribution in [1.82, 2.24) is 0 Å². The van der Waals surface area contributed by atoms with Crippen molar-refractivity contribution in [2.75, 3.05) is 0 Å². The Balaban J connectivity index is 0. The van der Waals surface area contributed by atoms with Gasteiger partial charge in [0.25, 0.3) is 0 Å². The van der Waals surface area contributed by atoms with Crippen molar-refractivity contribution in [1.29, 1.82) is 0 Å². The van der Waals surface area contributed by atoms with Crippen LogP contribution in [0.2, 0.25) is 0 Å². The van der Waals surface area contributed by atoms with Gasteiger partial charge in [-0.1, -0.05) is 26.2 Å². The second-order valence-electron chi connectivity index (χ2n) is 2.84. The fraction of sp³-hybridized carbons (Fsp3) is 0.800. The quantitative estimate of drug-likeness (QED) is 0.263. The first-order chi connectivity index (χ1) is 6.31. The molecule has 0 aliphatic carbocycles. The van der Waals surface area contributed by atoms with Crippen molar-refractivity contribution in [2.24, 2.45) is 5.34 Å². The van der Waals surface area contributed by atoms with Gasteiger partial charge in [-0.2, -0.15) is 0 Å². The summed E-state index contributed by atoms with van der Waals surface area (Å²) in [7, 11) is 0. The fourth-order valence-corrected chi connectivity index (χ4v) is 0.985. The molecule has 13 heavy (non-hydrogen) atoms. The monoisotopic (exact) mass is 187 g/mol. The molecule has 78 valence electrons. The van der Waals surface area contributed by atoms with Crippen molar-refractivity contribution < 1.29 is 4.84 Å². The molecule has 3 nitrogen and oxygen atoms in total. The molecule has 0 radical (unpaired) electrons. The smallest absolute Gasteiger partial charge is 0.155 e. The standard InChI is InChI=1S/C8H17NO2.C2H4/c1-3-4-5-6-7-8(2)11-9-10;1-2/h8H,3-7H2,1-2H3;1-2H2. The number of hydrogen-bond acceptors (Lipinski definition) is 3. The molecule has 0 saturated heterocycles. The summed E-state index contributed by atoms with van der Waals surface area (Å²) in [4.78, 5) is 14.1. The first-order valence-electron chi connectivity index (χ1n) is 4.79. The Kier molecular flexibility index (Phi) is 15.5. The molecule has 0 saturated carbocycles. The van der Waals surface area contributed by atoms with Crippen molar-refractivity contribution in [3.63, 3.8) is 0 Å². The second kappa shape index (κ2) is 13.7. The van der Waals surface area contributed by atoms with Gasteiger partial charge in [0, 0.05) is 0 Å². The molecule has 0 fully saturated rings. The highest BCUT2D eigenvalue weighted by Gasteiger charge is 2.00. The predicted octanol–water partition coefficient (Wildman–Crippen LogP) is 3.85. The lowest BCUT2D eigenvalue weighted by atomic mass is 10.1. The summed E-state index contributed by atoms with van der Waals surface area (Å²) in [6, 6.07) is 0. The molecule has 0 amide bonds. The van der Waals surface area contributed by atoms with E-state index in [0.29, 0.717) is 0 Å². The van der Waals surface area contributed by atoms with Crippen molar-refractivity contribution in [3.8, 4) is 0 Å². The molecule has 1 unspecified atom stereocenters. The topological polar surface area (TPSA) is 38.7 Å². The lowest BCUT2D eigenvalue weighted by Gasteiger charge is -2.05. The molecule has 0 aromatic heterocycles. The minimum absolute atomic E-state index is 0.00986. The molecule has 0 bridgehead atoms. The first-order valence-corrected chi connectivity index (χ1v) is 4.79. The molecule has 0 spiro atoms. The average Bonchev–Trinajstić information content (AvgIpc) is 2.16. The molecule has 0 aliphatic rings. The third-order valence-electron chi connectivity index (χ3n) is 1.69. The SMILES string of the molecule is C=C.CCCCCCC(C)ON=O. The van der Waals surface area contributed by atoms with Crippen LogP contribution in [0.1, 0.15) is 46.0 Å². The van der Waals surface area contributed by atoms with Gasteiger partial charge in [-0.05, 0) is 19.8 Å². The highest BCUT2D eigenvalue weighted by atomic mass is 16.7. The minimum atomic E-state index is -0.00986. The van der Waals surface area contributed by atoms with E-state index in [1.807, 2.05) is 6.92 Å². The van der Waals surface area contributed by atoms with Crippen LogP contribution < -0.4 is 0 Å². The minimum Gasteiger partial charge on any atom is -0.361 e. The molecule has 0 heterocycles. The Morgan fingerprint density at radius 1 is 1.31 bits per heavy atom. The summed E-state index contributed by atoms with van der Waals surface area (Å²) in [6.07, 6.45) is 5.78. The van der Waals surface area contributed by atoms with Crippen LogP contribution >= 0.6 is 0 Å². The van der Waals surface area contributed by atoms with E-state index in [1.54, 1.807) is 0 Å². The van der Waals surface area contributed by atoms with Crippen LogP contribution in [0.15, 0.2) is 18.5 Å². The highest BCUT2D eigenvalue weighted by molar-refractivity contribution is 4.49. The zero-order chi connectivity index (χ0) is 10.5. The van der Waals surface area contributed by atoms with Gasteiger partial charge in [0.05, 0.1) is 0 Å². The van der Waals surface area contributed by atoms with Gasteiger partial charge in [0.1, 0.15) is 6.10 Å². The summed E-state index contributed by atoms with van der Waals surface area (Å²) < 4.78 is 0. The molecule has 0 rings (SSSR count). The first kappa shape index (κ1) is 14.7. The Morgan fingerprint density at radius 3 is 2.38 bits per heavy atom. The van der Waals surface area contributed by atoms with E-state index in [9.17, 15) is 4.91 Å². The molecule has 1 atom stereocenters. The Hall–Kier alpha value is -0.860. The van der Waals surface area contributed by atoms with Gasteiger partial charge in [0.15, 0.2) is 5.34 Å². The van der Waals surface area contributed by atoms with Crippen molar-refractivity contribution in [3.05, 3.63) is 18.1 Å². The lowest BCUT2D eigenvalue weighted by Crippen LogP contribution is -2.02. The molecule has 0 aromatic rings. The van der Waals surface area contributed by atoms with Crippen LogP contribution in [0.3, 0.4) is 0 Å². The summed E-state index contributed by atoms with van der Waals surface area (Å²) >= 11 is 0. The zero-order valence-electron chi connectivity index (χ0n) is 8.79. The van der Waals surface area contributed by atoms with E-state index in [2.05, 4.69) is 30.3 Å². The Labute approximate surface area is 81.1 Å². The molecular weight excluding hydrogens is 166 g/mol. The van der Waals surface area contributed by atoms with E-state index < -0.39 is 0 Å². The van der Waals surface area contributed by atoms with Crippen LogP contribution in [0.5, 0.6) is 0 Å². The Morgan fingerprint density at radius 2 is 1.92 bits per heavy atom. The zero-order valence-corrected chi connectivity index (χ0v) is 8.79. The number of hydrogen-bond donors (Lipinski definition) is 0. The summed E-state index contributed by atoms with van der Waals surface area (Å²) in [6.45, 7) is 10.0. The summed E-state index contributed by atoms with van der Waals surface area (Å²) in [5.41, 5.74) is 0. The van der Waals surface area contributed by atoms with Gasteiger partial charge in [-0.25, -0.2) is 0 Å². The normalized spacial score (nSPS) is 10.9. The van der Waals surface area contributed by atoms with Crippen LogP contribution in [0.25, 0.3) is 0 Å². The largest absolute Gasteiger partial charge is 0.361 e. The van der Waals surface area contributed by atoms with Gasteiger partial charge in [0.2, 0.25) is 0 Å². The van der Waals surface area contributed by atoms with E-state index in [-0.39, 0.29) is 6.10 Å². The van der Waals surface area contributed by atoms with Gasteiger partial charge >= 0.3 is 0 Å². The summed E-state index contributed by atoms with van der Waals surface area (Å²) in [5, 5.41) is 2.38. The summed E-state index contributed by atoms with van der Waals surface area (Å²) in [5.74, 6) is 0. The van der Waals surface area contributed by atoms with E-state index >= 15 is 0 Å². The molecular formula is C10H21NO2. The van der Waals surface area contributed by atoms with Crippen LogP contribution in [0, 0.1) is 4.91 Å². The third kappa shape index (κ3) is 14.0. The van der Waals surface area contributed by atoms with Gasteiger partial charge in [-0.3, -0.25) is 0 Å². The van der Waals surface area contributed by atoms with Gasteiger partial charge < -0.3 is 4.84 Å². The second-order valence-corrected chi connectivity index (χ2v) is 2.84. The van der Waals surface area contributed by atoms with E-state index in [1.165, 1.54) is 19.3 Å². The molecule has 0 aromatic carbocycles. The number of rotatable bonds is 7. The molecule has 0 aliphatic heterocycles. The maximum Gasteiger partial charge on any atom is 0.155 e. The number of unbranched alkanes of at least 4 members (excludes halogenated alkanes) is 3. The van der Waals surface area contributed by atoms with Crippen LogP contribution in [0.4, 0.5) is 0 Å². The average molecular weight is 187 g/mol. The maximum atomic E-state index is 9.63. The van der Waals surface area contributed by atoms with Gasteiger partial charge in [-0.15, -0.1) is 18.1 Å². The van der Waals surface area contributed by atoms with Crippen molar-refractivity contribution in [2.45, 2.75) is 52.1 Å². The fourth-order valence-electron chi connectivity index (χ4n) is 0.985.